The number of hydrogen-bond donors (Lipinski definition) is 0. The number of ether oxygens (including phenoxy) is 1. The molecule has 0 aromatic rings. The molecule has 14 heavy (non-hydrogen) atoms. The van der Waals surface area contributed by atoms with Crippen molar-refractivity contribution in [2.45, 2.75) is 6.92 Å². The Hall–Kier alpha value is 0.400. The summed E-state index contributed by atoms with van der Waals surface area (Å²) in [4.78, 5) is 11.2. The molecule has 0 aliphatic rings. The van der Waals surface area contributed by atoms with Gasteiger partial charge in [-0.1, -0.05) is 58.0 Å². The van der Waals surface area contributed by atoms with Gasteiger partial charge in [0.1, 0.15) is 14.6 Å². The standard InChI is InChI=1S/C7H5Cl5O2/c1-2-14-7(13)3(5(9)10)4(8)6(11)12/h2H2,1H3. The molecule has 0 atom stereocenters. The van der Waals surface area contributed by atoms with E-state index in [2.05, 4.69) is 4.74 Å². The molecule has 0 aliphatic heterocycles. The minimum Gasteiger partial charge on any atom is -0.462 e. The van der Waals surface area contributed by atoms with E-state index in [1.54, 1.807) is 6.92 Å². The molecule has 0 fully saturated rings. The number of esters is 1. The van der Waals surface area contributed by atoms with Crippen molar-refractivity contribution in [3.8, 4) is 0 Å². The van der Waals surface area contributed by atoms with Crippen LogP contribution in [0, 0.1) is 0 Å². The largest absolute Gasteiger partial charge is 0.462 e. The summed E-state index contributed by atoms with van der Waals surface area (Å²) < 4.78 is 3.97. The van der Waals surface area contributed by atoms with Gasteiger partial charge in [-0.2, -0.15) is 0 Å². The van der Waals surface area contributed by atoms with Gasteiger partial charge in [0.25, 0.3) is 0 Å². The van der Waals surface area contributed by atoms with Crippen LogP contribution in [0.2, 0.25) is 0 Å². The molecule has 0 heterocycles. The third kappa shape index (κ3) is 4.28. The van der Waals surface area contributed by atoms with Gasteiger partial charge in [0, 0.05) is 0 Å². The zero-order valence-electron chi connectivity index (χ0n) is 6.91. The van der Waals surface area contributed by atoms with Crippen LogP contribution >= 0.6 is 58.0 Å². The molecule has 0 aromatic carbocycles. The first-order valence-electron chi connectivity index (χ1n) is 3.35. The van der Waals surface area contributed by atoms with Crippen LogP contribution in [0.4, 0.5) is 0 Å². The van der Waals surface area contributed by atoms with Gasteiger partial charge < -0.3 is 4.74 Å². The lowest BCUT2D eigenvalue weighted by molar-refractivity contribution is -0.138. The minimum atomic E-state index is -0.781. The fourth-order valence-electron chi connectivity index (χ4n) is 0.547. The van der Waals surface area contributed by atoms with Gasteiger partial charge in [-0.25, -0.2) is 4.79 Å². The molecule has 0 unspecified atom stereocenters. The van der Waals surface area contributed by atoms with E-state index in [0.717, 1.165) is 0 Å². The van der Waals surface area contributed by atoms with E-state index in [1.165, 1.54) is 0 Å². The smallest absolute Gasteiger partial charge is 0.342 e. The van der Waals surface area contributed by atoms with E-state index in [9.17, 15) is 4.79 Å². The lowest BCUT2D eigenvalue weighted by Gasteiger charge is -2.05. The zero-order valence-corrected chi connectivity index (χ0v) is 10.7. The molecule has 0 radical (unpaired) electrons. The highest BCUT2D eigenvalue weighted by Crippen LogP contribution is 2.30. The van der Waals surface area contributed by atoms with Crippen LogP contribution in [-0.4, -0.2) is 12.6 Å². The molecule has 7 heteroatoms. The fourth-order valence-corrected chi connectivity index (χ4v) is 1.35. The Balaban J connectivity index is 5.12. The average Bonchev–Trinajstić information content (AvgIpc) is 2.03. The molecule has 2 nitrogen and oxygen atoms in total. The molecule has 80 valence electrons. The quantitative estimate of drug-likeness (QED) is 0.445. The van der Waals surface area contributed by atoms with Crippen LogP contribution in [0.3, 0.4) is 0 Å². The number of halogens is 5. The topological polar surface area (TPSA) is 26.3 Å². The van der Waals surface area contributed by atoms with Crippen molar-refractivity contribution in [3.63, 3.8) is 0 Å². The molecular weight excluding hydrogens is 293 g/mol. The summed E-state index contributed by atoms with van der Waals surface area (Å²) in [5.41, 5.74) is -0.253. The highest BCUT2D eigenvalue weighted by Gasteiger charge is 2.20. The Morgan fingerprint density at radius 2 is 1.57 bits per heavy atom. The minimum absolute atomic E-state index is 0.160. The van der Waals surface area contributed by atoms with Crippen molar-refractivity contribution in [1.82, 2.24) is 0 Å². The van der Waals surface area contributed by atoms with Gasteiger partial charge in [0.2, 0.25) is 0 Å². The van der Waals surface area contributed by atoms with Crippen molar-refractivity contribution in [1.29, 1.82) is 0 Å². The van der Waals surface area contributed by atoms with E-state index in [4.69, 9.17) is 58.0 Å². The van der Waals surface area contributed by atoms with Crippen molar-refractivity contribution in [3.05, 3.63) is 19.6 Å². The van der Waals surface area contributed by atoms with Crippen molar-refractivity contribution in [2.24, 2.45) is 0 Å². The number of hydrogen-bond acceptors (Lipinski definition) is 2. The highest BCUT2D eigenvalue weighted by atomic mass is 35.5. The summed E-state index contributed by atoms with van der Waals surface area (Å²) in [7, 11) is 0. The third-order valence-electron chi connectivity index (χ3n) is 1.05. The second-order valence-corrected chi connectivity index (χ2v) is 4.21. The number of carbonyl (C=O) groups is 1. The van der Waals surface area contributed by atoms with Crippen LogP contribution in [0.1, 0.15) is 6.92 Å². The second-order valence-electron chi connectivity index (χ2n) is 1.93. The first-order valence-corrected chi connectivity index (χ1v) is 5.24. The molecule has 0 saturated carbocycles. The van der Waals surface area contributed by atoms with E-state index < -0.39 is 5.97 Å². The Kier molecular flexibility index (Phi) is 7.00. The van der Waals surface area contributed by atoms with Crippen molar-refractivity contribution in [2.75, 3.05) is 6.61 Å². The fraction of sp³-hybridized carbons (Fsp3) is 0.286. The maximum Gasteiger partial charge on any atom is 0.342 e. The predicted molar refractivity (Wildman–Crippen MR) is 60.0 cm³/mol. The monoisotopic (exact) mass is 296 g/mol. The summed E-state index contributed by atoms with van der Waals surface area (Å²) in [6, 6.07) is 0. The Morgan fingerprint density at radius 1 is 1.07 bits per heavy atom. The zero-order chi connectivity index (χ0) is 11.3. The maximum absolute atomic E-state index is 11.2. The van der Waals surface area contributed by atoms with E-state index in [1.807, 2.05) is 0 Å². The van der Waals surface area contributed by atoms with Gasteiger partial charge in [0.05, 0.1) is 11.6 Å². The molecule has 0 spiro atoms. The molecule has 0 aromatic heterocycles. The highest BCUT2D eigenvalue weighted by molar-refractivity contribution is 6.62. The number of carbonyl (C=O) groups excluding carboxylic acids is 1. The molecule has 0 aliphatic carbocycles. The second kappa shape index (κ2) is 6.81. The van der Waals surface area contributed by atoms with Crippen LogP contribution in [0.5, 0.6) is 0 Å². The van der Waals surface area contributed by atoms with Gasteiger partial charge in [-0.15, -0.1) is 0 Å². The van der Waals surface area contributed by atoms with Crippen molar-refractivity contribution >= 4 is 64.0 Å². The SMILES string of the molecule is CCOC(=O)C(=C(Cl)Cl)C(Cl)=C(Cl)Cl. The first kappa shape index (κ1) is 14.4. The summed E-state index contributed by atoms with van der Waals surface area (Å²) in [6.07, 6.45) is 0. The molecular formula is C7H5Cl5O2. The Bertz CT molecular complexity index is 286. The summed E-state index contributed by atoms with van der Waals surface area (Å²) in [6.45, 7) is 1.78. The molecule has 0 rings (SSSR count). The summed E-state index contributed by atoms with van der Waals surface area (Å²) >= 11 is 27.2. The van der Waals surface area contributed by atoms with Crippen LogP contribution in [-0.2, 0) is 9.53 Å². The summed E-state index contributed by atoms with van der Waals surface area (Å²) in [5.74, 6) is -0.781. The molecule has 0 bridgehead atoms. The third-order valence-corrected chi connectivity index (χ3v) is 2.38. The normalized spacial score (nSPS) is 9.29. The van der Waals surface area contributed by atoms with Crippen LogP contribution < -0.4 is 0 Å². The van der Waals surface area contributed by atoms with Gasteiger partial charge in [0.15, 0.2) is 0 Å². The lowest BCUT2D eigenvalue weighted by Crippen LogP contribution is -2.08. The van der Waals surface area contributed by atoms with E-state index >= 15 is 0 Å². The maximum atomic E-state index is 11.2. The van der Waals surface area contributed by atoms with Crippen LogP contribution in [0.15, 0.2) is 19.6 Å². The van der Waals surface area contributed by atoms with Crippen LogP contribution in [0.25, 0.3) is 0 Å². The Morgan fingerprint density at radius 3 is 1.86 bits per heavy atom. The van der Waals surface area contributed by atoms with Crippen molar-refractivity contribution < 1.29 is 9.53 Å². The predicted octanol–water partition coefficient (Wildman–Crippen LogP) is 4.12. The number of rotatable bonds is 3. The summed E-state index contributed by atoms with van der Waals surface area (Å²) in [5, 5.41) is -0.244. The Labute approximate surface area is 106 Å². The van der Waals surface area contributed by atoms with Gasteiger partial charge in [-0.05, 0) is 6.92 Å². The van der Waals surface area contributed by atoms with E-state index in [0.29, 0.717) is 0 Å². The molecule has 0 amide bonds. The van der Waals surface area contributed by atoms with E-state index in [-0.39, 0.29) is 26.2 Å². The lowest BCUT2D eigenvalue weighted by atomic mass is 10.3. The van der Waals surface area contributed by atoms with Gasteiger partial charge >= 0.3 is 5.97 Å². The molecule has 0 saturated heterocycles. The average molecular weight is 298 g/mol. The molecule has 0 N–H and O–H groups in total. The van der Waals surface area contributed by atoms with Gasteiger partial charge in [-0.3, -0.25) is 0 Å². The first-order chi connectivity index (χ1) is 6.41.